The first kappa shape index (κ1) is 17.1. The number of benzene rings is 1. The number of aliphatic hydroxyl groups is 1. The molecule has 0 atom stereocenters. The highest BCUT2D eigenvalue weighted by molar-refractivity contribution is 7.89. The molecule has 0 bridgehead atoms. The Bertz CT molecular complexity index is 503. The predicted octanol–water partition coefficient (Wildman–Crippen LogP) is 0.0354. The van der Waals surface area contributed by atoms with Crippen LogP contribution in [-0.4, -0.2) is 58.8 Å². The molecule has 0 aliphatic rings. The molecule has 114 valence electrons. The molecule has 0 amide bonds. The van der Waals surface area contributed by atoms with Gasteiger partial charge in [0, 0.05) is 13.1 Å². The van der Waals surface area contributed by atoms with Crippen molar-refractivity contribution in [1.29, 1.82) is 0 Å². The van der Waals surface area contributed by atoms with Crippen LogP contribution in [0.1, 0.15) is 5.56 Å². The zero-order chi connectivity index (χ0) is 15.0. The zero-order valence-electron chi connectivity index (χ0n) is 11.9. The maximum Gasteiger partial charge on any atom is 0.241 e. The third kappa shape index (κ3) is 5.56. The molecule has 0 aliphatic carbocycles. The molecule has 7 heteroatoms. The first-order valence-corrected chi connectivity index (χ1v) is 7.86. The summed E-state index contributed by atoms with van der Waals surface area (Å²) in [5, 5.41) is 9.15. The SMILES string of the molecule is CN(C)CCOCCNS(=O)(=O)c1ccccc1CO. The zero-order valence-corrected chi connectivity index (χ0v) is 12.7. The number of ether oxygens (including phenoxy) is 1. The van der Waals surface area contributed by atoms with Gasteiger partial charge in [-0.25, -0.2) is 13.1 Å². The predicted molar refractivity (Wildman–Crippen MR) is 76.9 cm³/mol. The van der Waals surface area contributed by atoms with Gasteiger partial charge in [0.25, 0.3) is 0 Å². The summed E-state index contributed by atoms with van der Waals surface area (Å²) < 4.78 is 31.9. The summed E-state index contributed by atoms with van der Waals surface area (Å²) in [6.07, 6.45) is 0. The summed E-state index contributed by atoms with van der Waals surface area (Å²) in [6, 6.07) is 6.37. The van der Waals surface area contributed by atoms with Gasteiger partial charge in [0.1, 0.15) is 0 Å². The van der Waals surface area contributed by atoms with Crippen molar-refractivity contribution in [2.45, 2.75) is 11.5 Å². The van der Waals surface area contributed by atoms with Gasteiger partial charge in [-0.2, -0.15) is 0 Å². The minimum absolute atomic E-state index is 0.107. The van der Waals surface area contributed by atoms with E-state index in [1.165, 1.54) is 6.07 Å². The molecule has 0 radical (unpaired) electrons. The van der Waals surface area contributed by atoms with Crippen LogP contribution in [0.2, 0.25) is 0 Å². The Kier molecular flexibility index (Phi) is 7.11. The number of sulfonamides is 1. The lowest BCUT2D eigenvalue weighted by Gasteiger charge is -2.11. The van der Waals surface area contributed by atoms with Crippen LogP contribution in [0.25, 0.3) is 0 Å². The van der Waals surface area contributed by atoms with E-state index in [-0.39, 0.29) is 18.0 Å². The average Bonchev–Trinajstić information content (AvgIpc) is 2.42. The molecule has 20 heavy (non-hydrogen) atoms. The molecule has 0 fully saturated rings. The van der Waals surface area contributed by atoms with Crippen LogP contribution >= 0.6 is 0 Å². The lowest BCUT2D eigenvalue weighted by Crippen LogP contribution is -2.29. The number of nitrogens with zero attached hydrogens (tertiary/aromatic N) is 1. The average molecular weight is 302 g/mol. The normalized spacial score (nSPS) is 12.0. The van der Waals surface area contributed by atoms with Crippen molar-refractivity contribution in [1.82, 2.24) is 9.62 Å². The Morgan fingerprint density at radius 1 is 1.25 bits per heavy atom. The molecule has 0 aromatic heterocycles. The van der Waals surface area contributed by atoms with Gasteiger partial charge in [-0.3, -0.25) is 0 Å². The van der Waals surface area contributed by atoms with Crippen LogP contribution < -0.4 is 4.72 Å². The molecule has 1 aromatic carbocycles. The molecule has 1 aromatic rings. The molecule has 0 unspecified atom stereocenters. The Balaban J connectivity index is 2.46. The monoisotopic (exact) mass is 302 g/mol. The van der Waals surface area contributed by atoms with E-state index >= 15 is 0 Å². The fraction of sp³-hybridized carbons (Fsp3) is 0.538. The lowest BCUT2D eigenvalue weighted by atomic mass is 10.2. The van der Waals surface area contributed by atoms with Crippen LogP contribution in [0, 0.1) is 0 Å². The standard InChI is InChI=1S/C13H22N2O4S/c1-15(2)8-10-19-9-7-14-20(17,18)13-6-4-3-5-12(13)11-16/h3-6,14,16H,7-11H2,1-2H3. The number of nitrogens with one attached hydrogen (secondary N) is 1. The second-order valence-corrected chi connectivity index (χ2v) is 6.31. The van der Waals surface area contributed by atoms with Crippen molar-refractivity contribution in [3.8, 4) is 0 Å². The summed E-state index contributed by atoms with van der Waals surface area (Å²) in [7, 11) is 0.278. The maximum atomic E-state index is 12.1. The molecule has 2 N–H and O–H groups in total. The van der Waals surface area contributed by atoms with E-state index in [0.717, 1.165) is 6.54 Å². The number of aliphatic hydroxyl groups excluding tert-OH is 1. The van der Waals surface area contributed by atoms with E-state index in [1.54, 1.807) is 18.2 Å². The Labute approximate surface area is 120 Å². The van der Waals surface area contributed by atoms with Crippen molar-refractivity contribution in [3.05, 3.63) is 29.8 Å². The van der Waals surface area contributed by atoms with Gasteiger partial charge in [0.15, 0.2) is 0 Å². The summed E-state index contributed by atoms with van der Waals surface area (Å²) in [5.41, 5.74) is 0.383. The molecule has 6 nitrogen and oxygen atoms in total. The fourth-order valence-electron chi connectivity index (χ4n) is 1.57. The number of rotatable bonds is 9. The highest BCUT2D eigenvalue weighted by Crippen LogP contribution is 2.14. The molecule has 0 heterocycles. The van der Waals surface area contributed by atoms with Crippen LogP contribution in [0.4, 0.5) is 0 Å². The Hall–Kier alpha value is -0.990. The van der Waals surface area contributed by atoms with E-state index in [0.29, 0.717) is 18.8 Å². The molecular weight excluding hydrogens is 280 g/mol. The Morgan fingerprint density at radius 3 is 2.60 bits per heavy atom. The largest absolute Gasteiger partial charge is 0.392 e. The molecule has 0 aliphatic heterocycles. The van der Waals surface area contributed by atoms with Gasteiger partial charge in [0.05, 0.1) is 24.7 Å². The summed E-state index contributed by atoms with van der Waals surface area (Å²) >= 11 is 0. The van der Waals surface area contributed by atoms with Crippen LogP contribution in [-0.2, 0) is 21.4 Å². The second-order valence-electron chi connectivity index (χ2n) is 4.58. The van der Waals surface area contributed by atoms with E-state index in [4.69, 9.17) is 9.84 Å². The van der Waals surface area contributed by atoms with E-state index in [9.17, 15) is 8.42 Å². The number of likely N-dealkylation sites (N-methyl/N-ethyl adjacent to an activating group) is 1. The topological polar surface area (TPSA) is 78.9 Å². The number of hydrogen-bond acceptors (Lipinski definition) is 5. The first-order chi connectivity index (χ1) is 9.47. The van der Waals surface area contributed by atoms with Gasteiger partial charge >= 0.3 is 0 Å². The van der Waals surface area contributed by atoms with Crippen LogP contribution in [0.15, 0.2) is 29.2 Å². The minimum Gasteiger partial charge on any atom is -0.392 e. The smallest absolute Gasteiger partial charge is 0.241 e. The Morgan fingerprint density at radius 2 is 1.95 bits per heavy atom. The van der Waals surface area contributed by atoms with Crippen molar-refractivity contribution in [2.24, 2.45) is 0 Å². The van der Waals surface area contributed by atoms with E-state index in [1.807, 2.05) is 19.0 Å². The van der Waals surface area contributed by atoms with Gasteiger partial charge in [0.2, 0.25) is 10.0 Å². The van der Waals surface area contributed by atoms with Gasteiger partial charge < -0.3 is 14.7 Å². The van der Waals surface area contributed by atoms with Gasteiger partial charge in [-0.05, 0) is 25.7 Å². The van der Waals surface area contributed by atoms with Crippen molar-refractivity contribution >= 4 is 10.0 Å². The third-order valence-electron chi connectivity index (χ3n) is 2.65. The molecular formula is C13H22N2O4S. The minimum atomic E-state index is -3.61. The molecule has 0 saturated carbocycles. The van der Waals surface area contributed by atoms with Gasteiger partial charge in [-0.1, -0.05) is 18.2 Å². The maximum absolute atomic E-state index is 12.1. The van der Waals surface area contributed by atoms with Crippen LogP contribution in [0.5, 0.6) is 0 Å². The lowest BCUT2D eigenvalue weighted by molar-refractivity contribution is 0.122. The number of hydrogen-bond donors (Lipinski definition) is 2. The second kappa shape index (κ2) is 8.33. The first-order valence-electron chi connectivity index (χ1n) is 6.38. The molecule has 1 rings (SSSR count). The molecule has 0 spiro atoms. The highest BCUT2D eigenvalue weighted by atomic mass is 32.2. The van der Waals surface area contributed by atoms with Gasteiger partial charge in [-0.15, -0.1) is 0 Å². The molecule has 0 saturated heterocycles. The van der Waals surface area contributed by atoms with Crippen LogP contribution in [0.3, 0.4) is 0 Å². The summed E-state index contributed by atoms with van der Waals surface area (Å²) in [5.74, 6) is 0. The third-order valence-corrected chi connectivity index (χ3v) is 4.22. The summed E-state index contributed by atoms with van der Waals surface area (Å²) in [4.78, 5) is 2.09. The highest BCUT2D eigenvalue weighted by Gasteiger charge is 2.16. The van der Waals surface area contributed by atoms with Crippen molar-refractivity contribution in [2.75, 3.05) is 40.4 Å². The van der Waals surface area contributed by atoms with E-state index < -0.39 is 10.0 Å². The van der Waals surface area contributed by atoms with Crippen molar-refractivity contribution < 1.29 is 18.3 Å². The van der Waals surface area contributed by atoms with Crippen molar-refractivity contribution in [3.63, 3.8) is 0 Å². The fourth-order valence-corrected chi connectivity index (χ4v) is 2.81. The quantitative estimate of drug-likeness (QED) is 0.630. The van der Waals surface area contributed by atoms with E-state index in [2.05, 4.69) is 4.72 Å². The summed E-state index contributed by atoms with van der Waals surface area (Å²) in [6.45, 7) is 1.56.